The lowest BCUT2D eigenvalue weighted by Gasteiger charge is -2.23. The van der Waals surface area contributed by atoms with Crippen molar-refractivity contribution in [3.63, 3.8) is 0 Å². The number of hydrogen-bond acceptors (Lipinski definition) is 4. The molecule has 2 aromatic rings. The second kappa shape index (κ2) is 10.6. The van der Waals surface area contributed by atoms with E-state index in [1.54, 1.807) is 32.4 Å². The van der Waals surface area contributed by atoms with E-state index in [9.17, 15) is 5.11 Å². The highest BCUT2D eigenvalue weighted by Crippen LogP contribution is 2.26. The van der Waals surface area contributed by atoms with Crippen LogP contribution in [0.4, 0.5) is 0 Å². The molecule has 6 nitrogen and oxygen atoms in total. The Bertz CT molecular complexity index is 753. The molecule has 0 aromatic heterocycles. The maximum absolute atomic E-state index is 10.6. The average molecular weight is 386 g/mol. The standard InChI is InChI=1S/C22H31N3O3/c1-6-23-22(25(3)15-17-9-7-16(2)8-10-17)24-14-21(26)18-11-19(27-4)13-20(12-18)28-5/h7-13,21,26H,6,14-15H2,1-5H3,(H,23,24). The van der Waals surface area contributed by atoms with Crippen LogP contribution in [0.3, 0.4) is 0 Å². The molecule has 0 aliphatic carbocycles. The van der Waals surface area contributed by atoms with E-state index in [1.807, 2.05) is 18.9 Å². The van der Waals surface area contributed by atoms with Crippen molar-refractivity contribution >= 4 is 5.96 Å². The molecule has 0 aliphatic heterocycles. The summed E-state index contributed by atoms with van der Waals surface area (Å²) in [7, 11) is 5.17. The Morgan fingerprint density at radius 2 is 1.71 bits per heavy atom. The number of aliphatic imine (C=N–C) groups is 1. The number of methoxy groups -OCH3 is 2. The van der Waals surface area contributed by atoms with Crippen LogP contribution in [0, 0.1) is 6.92 Å². The van der Waals surface area contributed by atoms with Crippen LogP contribution in [0.1, 0.15) is 29.7 Å². The fraction of sp³-hybridized carbons (Fsp3) is 0.409. The molecule has 0 bridgehead atoms. The van der Waals surface area contributed by atoms with E-state index in [0.717, 1.165) is 19.0 Å². The van der Waals surface area contributed by atoms with Gasteiger partial charge in [0, 0.05) is 26.2 Å². The maximum Gasteiger partial charge on any atom is 0.194 e. The van der Waals surface area contributed by atoms with Crippen molar-refractivity contribution < 1.29 is 14.6 Å². The number of nitrogens with one attached hydrogen (secondary N) is 1. The molecule has 2 aromatic carbocycles. The second-order valence-corrected chi connectivity index (χ2v) is 6.70. The van der Waals surface area contributed by atoms with E-state index >= 15 is 0 Å². The van der Waals surface area contributed by atoms with E-state index in [4.69, 9.17) is 9.47 Å². The lowest BCUT2D eigenvalue weighted by Crippen LogP contribution is -2.38. The fourth-order valence-electron chi connectivity index (χ4n) is 2.81. The van der Waals surface area contributed by atoms with Crippen LogP contribution >= 0.6 is 0 Å². The molecule has 0 saturated heterocycles. The highest BCUT2D eigenvalue weighted by Gasteiger charge is 2.13. The van der Waals surface area contributed by atoms with E-state index in [-0.39, 0.29) is 6.54 Å². The van der Waals surface area contributed by atoms with Gasteiger partial charge in [-0.2, -0.15) is 0 Å². The summed E-state index contributed by atoms with van der Waals surface area (Å²) in [4.78, 5) is 6.66. The third-order valence-electron chi connectivity index (χ3n) is 4.41. The molecule has 0 fully saturated rings. The summed E-state index contributed by atoms with van der Waals surface area (Å²) in [5.41, 5.74) is 3.15. The Kier molecular flexibility index (Phi) is 8.14. The van der Waals surface area contributed by atoms with Crippen LogP contribution < -0.4 is 14.8 Å². The molecule has 0 spiro atoms. The molecule has 0 heterocycles. The molecule has 152 valence electrons. The van der Waals surface area contributed by atoms with Crippen LogP contribution in [0.25, 0.3) is 0 Å². The number of guanidine groups is 1. The lowest BCUT2D eigenvalue weighted by atomic mass is 10.1. The van der Waals surface area contributed by atoms with Crippen molar-refractivity contribution in [2.45, 2.75) is 26.5 Å². The predicted molar refractivity (Wildman–Crippen MR) is 113 cm³/mol. The first kappa shape index (κ1) is 21.6. The summed E-state index contributed by atoms with van der Waals surface area (Å²) in [5.74, 6) is 2.03. The van der Waals surface area contributed by atoms with E-state index in [0.29, 0.717) is 17.1 Å². The molecule has 1 atom stereocenters. The first-order valence-electron chi connectivity index (χ1n) is 9.42. The zero-order chi connectivity index (χ0) is 20.5. The topological polar surface area (TPSA) is 66.3 Å². The van der Waals surface area contributed by atoms with Crippen molar-refractivity contribution in [1.29, 1.82) is 0 Å². The van der Waals surface area contributed by atoms with E-state index in [1.165, 1.54) is 11.1 Å². The minimum Gasteiger partial charge on any atom is -0.497 e. The van der Waals surface area contributed by atoms with Crippen LogP contribution in [-0.2, 0) is 6.54 Å². The lowest BCUT2D eigenvalue weighted by molar-refractivity contribution is 0.185. The van der Waals surface area contributed by atoms with Gasteiger partial charge in [0.15, 0.2) is 5.96 Å². The quantitative estimate of drug-likeness (QED) is 0.540. The molecule has 0 saturated carbocycles. The molecule has 6 heteroatoms. The van der Waals surface area contributed by atoms with Gasteiger partial charge in [-0.3, -0.25) is 4.99 Å². The average Bonchev–Trinajstić information content (AvgIpc) is 2.71. The molecule has 0 aliphatic rings. The monoisotopic (exact) mass is 385 g/mol. The molecule has 2 rings (SSSR count). The summed E-state index contributed by atoms with van der Waals surface area (Å²) in [5, 5.41) is 13.9. The van der Waals surface area contributed by atoms with Gasteiger partial charge >= 0.3 is 0 Å². The van der Waals surface area contributed by atoms with Gasteiger partial charge in [-0.05, 0) is 37.1 Å². The van der Waals surface area contributed by atoms with Crippen molar-refractivity contribution in [2.75, 3.05) is 34.4 Å². The number of ether oxygens (including phenoxy) is 2. The smallest absolute Gasteiger partial charge is 0.194 e. The van der Waals surface area contributed by atoms with Gasteiger partial charge in [0.25, 0.3) is 0 Å². The number of benzene rings is 2. The minimum absolute atomic E-state index is 0.233. The Morgan fingerprint density at radius 3 is 2.25 bits per heavy atom. The number of rotatable bonds is 8. The highest BCUT2D eigenvalue weighted by atomic mass is 16.5. The fourth-order valence-corrected chi connectivity index (χ4v) is 2.81. The summed E-state index contributed by atoms with van der Waals surface area (Å²) < 4.78 is 10.6. The van der Waals surface area contributed by atoms with Gasteiger partial charge in [-0.1, -0.05) is 29.8 Å². The van der Waals surface area contributed by atoms with Crippen molar-refractivity contribution in [3.8, 4) is 11.5 Å². The summed E-state index contributed by atoms with van der Waals surface area (Å²) in [6.07, 6.45) is -0.759. The maximum atomic E-state index is 10.6. The van der Waals surface area contributed by atoms with Crippen LogP contribution in [0.2, 0.25) is 0 Å². The van der Waals surface area contributed by atoms with Gasteiger partial charge < -0.3 is 24.8 Å². The Labute approximate surface area is 167 Å². The summed E-state index contributed by atoms with van der Waals surface area (Å²) in [6, 6.07) is 13.8. The minimum atomic E-state index is -0.759. The largest absolute Gasteiger partial charge is 0.497 e. The van der Waals surface area contributed by atoms with Gasteiger partial charge in [0.2, 0.25) is 0 Å². The zero-order valence-corrected chi connectivity index (χ0v) is 17.4. The Hall–Kier alpha value is -2.73. The molecule has 0 radical (unpaired) electrons. The summed E-state index contributed by atoms with van der Waals surface area (Å²) >= 11 is 0. The van der Waals surface area contributed by atoms with Gasteiger partial charge in [0.1, 0.15) is 11.5 Å². The molecular formula is C22H31N3O3. The number of aryl methyl sites for hydroxylation is 1. The number of aliphatic hydroxyl groups is 1. The Balaban J connectivity index is 2.11. The van der Waals surface area contributed by atoms with Crippen molar-refractivity contribution in [2.24, 2.45) is 4.99 Å². The molecule has 1 unspecified atom stereocenters. The molecule has 2 N–H and O–H groups in total. The van der Waals surface area contributed by atoms with Crippen LogP contribution in [-0.4, -0.2) is 50.3 Å². The highest BCUT2D eigenvalue weighted by molar-refractivity contribution is 5.79. The Morgan fingerprint density at radius 1 is 1.11 bits per heavy atom. The number of hydrogen-bond donors (Lipinski definition) is 2. The van der Waals surface area contributed by atoms with Crippen molar-refractivity contribution in [3.05, 3.63) is 59.2 Å². The normalized spacial score (nSPS) is 12.4. The third-order valence-corrected chi connectivity index (χ3v) is 4.41. The van der Waals surface area contributed by atoms with Crippen LogP contribution in [0.5, 0.6) is 11.5 Å². The SMILES string of the molecule is CCNC(=NCC(O)c1cc(OC)cc(OC)c1)N(C)Cc1ccc(C)cc1. The first-order valence-corrected chi connectivity index (χ1v) is 9.42. The van der Waals surface area contributed by atoms with Crippen LogP contribution in [0.15, 0.2) is 47.5 Å². The van der Waals surface area contributed by atoms with Gasteiger partial charge in [0.05, 0.1) is 26.9 Å². The zero-order valence-electron chi connectivity index (χ0n) is 17.4. The third kappa shape index (κ3) is 6.16. The number of nitrogens with zero attached hydrogens (tertiary/aromatic N) is 2. The van der Waals surface area contributed by atoms with E-state index in [2.05, 4.69) is 41.5 Å². The molecule has 28 heavy (non-hydrogen) atoms. The number of aliphatic hydroxyl groups excluding tert-OH is 1. The van der Waals surface area contributed by atoms with Gasteiger partial charge in [-0.25, -0.2) is 0 Å². The summed E-state index contributed by atoms with van der Waals surface area (Å²) in [6.45, 7) is 5.82. The van der Waals surface area contributed by atoms with E-state index < -0.39 is 6.10 Å². The predicted octanol–water partition coefficient (Wildman–Crippen LogP) is 3.14. The molecular weight excluding hydrogens is 354 g/mol. The van der Waals surface area contributed by atoms with Crippen molar-refractivity contribution in [1.82, 2.24) is 10.2 Å². The second-order valence-electron chi connectivity index (χ2n) is 6.70. The molecule has 0 amide bonds. The van der Waals surface area contributed by atoms with Gasteiger partial charge in [-0.15, -0.1) is 0 Å². The first-order chi connectivity index (χ1) is 13.5.